The van der Waals surface area contributed by atoms with Crippen molar-refractivity contribution in [1.82, 2.24) is 4.90 Å². The number of likely N-dealkylation sites (tertiary alicyclic amines) is 1. The molecule has 0 bridgehead atoms. The van der Waals surface area contributed by atoms with Crippen LogP contribution in [-0.4, -0.2) is 31.1 Å². The first-order chi connectivity index (χ1) is 7.75. The highest BCUT2D eigenvalue weighted by molar-refractivity contribution is 5.69. The third-order valence-corrected chi connectivity index (χ3v) is 3.04. The lowest BCUT2D eigenvalue weighted by molar-refractivity contribution is 0.352. The zero-order chi connectivity index (χ0) is 11.4. The van der Waals surface area contributed by atoms with Gasteiger partial charge in [0.2, 0.25) is 0 Å². The standard InChI is InChI=1S/C12H20N4/c13-11-4-3-10(9-12(11)14)15-5-8-16-6-1-2-7-16/h3-4,9,15H,1-2,5-8,13-14H2. The summed E-state index contributed by atoms with van der Waals surface area (Å²) in [6.45, 7) is 4.55. The lowest BCUT2D eigenvalue weighted by atomic mass is 10.2. The molecular formula is C12H20N4. The largest absolute Gasteiger partial charge is 0.397 e. The Morgan fingerprint density at radius 2 is 1.88 bits per heavy atom. The number of rotatable bonds is 4. The van der Waals surface area contributed by atoms with Crippen molar-refractivity contribution < 1.29 is 0 Å². The van der Waals surface area contributed by atoms with Crippen LogP contribution in [0.3, 0.4) is 0 Å². The summed E-state index contributed by atoms with van der Waals surface area (Å²) < 4.78 is 0. The van der Waals surface area contributed by atoms with E-state index in [1.807, 2.05) is 18.2 Å². The zero-order valence-electron chi connectivity index (χ0n) is 9.58. The summed E-state index contributed by atoms with van der Waals surface area (Å²) in [6.07, 6.45) is 2.68. The molecule has 0 unspecified atom stereocenters. The fourth-order valence-electron chi connectivity index (χ4n) is 2.05. The van der Waals surface area contributed by atoms with Crippen molar-refractivity contribution >= 4 is 17.1 Å². The molecule has 88 valence electrons. The van der Waals surface area contributed by atoms with E-state index < -0.39 is 0 Å². The van der Waals surface area contributed by atoms with E-state index in [0.29, 0.717) is 11.4 Å². The number of nitrogens with two attached hydrogens (primary N) is 2. The molecule has 0 radical (unpaired) electrons. The number of hydrogen-bond donors (Lipinski definition) is 3. The molecule has 0 spiro atoms. The highest BCUT2D eigenvalue weighted by atomic mass is 15.1. The zero-order valence-corrected chi connectivity index (χ0v) is 9.58. The van der Waals surface area contributed by atoms with Gasteiger partial charge in [-0.05, 0) is 44.1 Å². The molecule has 1 aromatic rings. The predicted molar refractivity (Wildman–Crippen MR) is 69.4 cm³/mol. The van der Waals surface area contributed by atoms with Crippen LogP contribution in [0.15, 0.2) is 18.2 Å². The summed E-state index contributed by atoms with van der Waals surface area (Å²) >= 11 is 0. The second-order valence-corrected chi connectivity index (χ2v) is 4.32. The topological polar surface area (TPSA) is 67.3 Å². The van der Waals surface area contributed by atoms with E-state index in [2.05, 4.69) is 10.2 Å². The Morgan fingerprint density at radius 3 is 2.56 bits per heavy atom. The first-order valence-corrected chi connectivity index (χ1v) is 5.87. The van der Waals surface area contributed by atoms with Gasteiger partial charge in [0.15, 0.2) is 0 Å². The van der Waals surface area contributed by atoms with Crippen LogP contribution in [-0.2, 0) is 0 Å². The van der Waals surface area contributed by atoms with E-state index >= 15 is 0 Å². The molecule has 5 N–H and O–H groups in total. The molecule has 0 saturated carbocycles. The van der Waals surface area contributed by atoms with Crippen molar-refractivity contribution in [2.75, 3.05) is 43.0 Å². The van der Waals surface area contributed by atoms with Crippen LogP contribution >= 0.6 is 0 Å². The Bertz CT molecular complexity index is 345. The van der Waals surface area contributed by atoms with Crippen LogP contribution in [0.5, 0.6) is 0 Å². The number of nitrogens with one attached hydrogen (secondary N) is 1. The van der Waals surface area contributed by atoms with E-state index in [4.69, 9.17) is 11.5 Å². The van der Waals surface area contributed by atoms with Crippen LogP contribution in [0.4, 0.5) is 17.1 Å². The first kappa shape index (κ1) is 11.1. The molecule has 1 aliphatic heterocycles. The average molecular weight is 220 g/mol. The number of anilines is 3. The van der Waals surface area contributed by atoms with Gasteiger partial charge >= 0.3 is 0 Å². The molecule has 4 nitrogen and oxygen atoms in total. The maximum atomic E-state index is 5.74. The van der Waals surface area contributed by atoms with Gasteiger partial charge in [-0.3, -0.25) is 0 Å². The minimum absolute atomic E-state index is 0.644. The number of nitrogen functional groups attached to an aromatic ring is 2. The second-order valence-electron chi connectivity index (χ2n) is 4.32. The number of benzene rings is 1. The summed E-state index contributed by atoms with van der Waals surface area (Å²) in [5.74, 6) is 0. The summed E-state index contributed by atoms with van der Waals surface area (Å²) in [5, 5.41) is 3.36. The highest BCUT2D eigenvalue weighted by Crippen LogP contribution is 2.19. The Labute approximate surface area is 96.6 Å². The number of nitrogens with zero attached hydrogens (tertiary/aromatic N) is 1. The quantitative estimate of drug-likeness (QED) is 0.670. The molecule has 1 aliphatic rings. The Hall–Kier alpha value is -1.42. The van der Waals surface area contributed by atoms with E-state index in [1.54, 1.807) is 0 Å². The maximum absolute atomic E-state index is 5.74. The highest BCUT2D eigenvalue weighted by Gasteiger charge is 2.10. The minimum Gasteiger partial charge on any atom is -0.397 e. The van der Waals surface area contributed by atoms with E-state index in [1.165, 1.54) is 25.9 Å². The van der Waals surface area contributed by atoms with Gasteiger partial charge in [-0.15, -0.1) is 0 Å². The van der Waals surface area contributed by atoms with Gasteiger partial charge in [-0.2, -0.15) is 0 Å². The van der Waals surface area contributed by atoms with Gasteiger partial charge in [-0.25, -0.2) is 0 Å². The van der Waals surface area contributed by atoms with Gasteiger partial charge in [0.25, 0.3) is 0 Å². The Morgan fingerprint density at radius 1 is 1.12 bits per heavy atom. The molecule has 2 rings (SSSR count). The minimum atomic E-state index is 0.644. The maximum Gasteiger partial charge on any atom is 0.0568 e. The lowest BCUT2D eigenvalue weighted by Crippen LogP contribution is -2.25. The van der Waals surface area contributed by atoms with Gasteiger partial charge in [0.05, 0.1) is 11.4 Å². The van der Waals surface area contributed by atoms with Gasteiger partial charge in [-0.1, -0.05) is 0 Å². The van der Waals surface area contributed by atoms with E-state index in [-0.39, 0.29) is 0 Å². The molecule has 4 heteroatoms. The summed E-state index contributed by atoms with van der Waals surface area (Å²) in [4.78, 5) is 2.48. The molecule has 1 heterocycles. The second kappa shape index (κ2) is 5.07. The monoisotopic (exact) mass is 220 g/mol. The summed E-state index contributed by atoms with van der Waals surface area (Å²) in [5.41, 5.74) is 13.7. The Kier molecular flexibility index (Phi) is 3.51. The van der Waals surface area contributed by atoms with Gasteiger partial charge in [0.1, 0.15) is 0 Å². The molecule has 0 aliphatic carbocycles. The molecule has 0 atom stereocenters. The fraction of sp³-hybridized carbons (Fsp3) is 0.500. The fourth-order valence-corrected chi connectivity index (χ4v) is 2.05. The Balaban J connectivity index is 1.78. The molecule has 1 aromatic carbocycles. The van der Waals surface area contributed by atoms with Crippen molar-refractivity contribution in [2.45, 2.75) is 12.8 Å². The average Bonchev–Trinajstić information content (AvgIpc) is 2.76. The van der Waals surface area contributed by atoms with Crippen LogP contribution in [0, 0.1) is 0 Å². The van der Waals surface area contributed by atoms with Crippen molar-refractivity contribution in [3.05, 3.63) is 18.2 Å². The summed E-state index contributed by atoms with van der Waals surface area (Å²) in [7, 11) is 0. The molecule has 16 heavy (non-hydrogen) atoms. The molecule has 0 amide bonds. The SMILES string of the molecule is Nc1ccc(NCCN2CCCC2)cc1N. The first-order valence-electron chi connectivity index (χ1n) is 5.87. The van der Waals surface area contributed by atoms with Gasteiger partial charge < -0.3 is 21.7 Å². The molecule has 1 saturated heterocycles. The van der Waals surface area contributed by atoms with Crippen LogP contribution in [0.25, 0.3) is 0 Å². The van der Waals surface area contributed by atoms with Crippen molar-refractivity contribution in [1.29, 1.82) is 0 Å². The summed E-state index contributed by atoms with van der Waals surface area (Å²) in [6, 6.07) is 5.70. The van der Waals surface area contributed by atoms with Crippen LogP contribution in [0.1, 0.15) is 12.8 Å². The van der Waals surface area contributed by atoms with Crippen LogP contribution < -0.4 is 16.8 Å². The van der Waals surface area contributed by atoms with Crippen molar-refractivity contribution in [3.63, 3.8) is 0 Å². The molecule has 1 fully saturated rings. The normalized spacial score (nSPS) is 16.5. The lowest BCUT2D eigenvalue weighted by Gasteiger charge is -2.15. The smallest absolute Gasteiger partial charge is 0.0568 e. The van der Waals surface area contributed by atoms with Crippen molar-refractivity contribution in [3.8, 4) is 0 Å². The van der Waals surface area contributed by atoms with E-state index in [9.17, 15) is 0 Å². The third kappa shape index (κ3) is 2.79. The van der Waals surface area contributed by atoms with Gasteiger partial charge in [0, 0.05) is 18.8 Å². The molecule has 0 aromatic heterocycles. The van der Waals surface area contributed by atoms with Crippen LogP contribution in [0.2, 0.25) is 0 Å². The van der Waals surface area contributed by atoms with E-state index in [0.717, 1.165) is 18.8 Å². The molecular weight excluding hydrogens is 200 g/mol. The third-order valence-electron chi connectivity index (χ3n) is 3.04. The predicted octanol–water partition coefficient (Wildman–Crippen LogP) is 1.36. The van der Waals surface area contributed by atoms with Crippen molar-refractivity contribution in [2.24, 2.45) is 0 Å². The number of hydrogen-bond acceptors (Lipinski definition) is 4.